The standard InChI is InChI=1S/C10H7ClN8O2/c11-6-2-1-5(19-4-13-17-18-19)3-7(6)14-10(20)8-9(12)16-21-15-8/h1-4H,(H2,12,16)(H,14,20). The number of nitrogens with zero attached hydrogens (tertiary/aromatic N) is 6. The SMILES string of the molecule is Nc1nonc1C(=O)Nc1cc(-n2cnnn2)ccc1Cl. The Morgan fingerprint density at radius 2 is 2.24 bits per heavy atom. The molecule has 21 heavy (non-hydrogen) atoms. The Labute approximate surface area is 121 Å². The van der Waals surface area contributed by atoms with E-state index in [1.807, 2.05) is 0 Å². The highest BCUT2D eigenvalue weighted by Crippen LogP contribution is 2.25. The third-order valence-electron chi connectivity index (χ3n) is 2.54. The number of benzene rings is 1. The van der Waals surface area contributed by atoms with E-state index in [-0.39, 0.29) is 11.5 Å². The lowest BCUT2D eigenvalue weighted by Crippen LogP contribution is -2.14. The van der Waals surface area contributed by atoms with Crippen LogP contribution in [0, 0.1) is 0 Å². The van der Waals surface area contributed by atoms with Crippen molar-refractivity contribution in [2.24, 2.45) is 0 Å². The summed E-state index contributed by atoms with van der Waals surface area (Å²) in [4.78, 5) is 12.0. The van der Waals surface area contributed by atoms with Gasteiger partial charge in [-0.1, -0.05) is 11.6 Å². The Morgan fingerprint density at radius 3 is 2.90 bits per heavy atom. The van der Waals surface area contributed by atoms with Gasteiger partial charge in [0.2, 0.25) is 11.5 Å². The number of tetrazole rings is 1. The fourth-order valence-electron chi connectivity index (χ4n) is 1.57. The second-order valence-corrected chi connectivity index (χ2v) is 4.28. The summed E-state index contributed by atoms with van der Waals surface area (Å²) in [6.45, 7) is 0. The first-order chi connectivity index (χ1) is 10.1. The van der Waals surface area contributed by atoms with Crippen molar-refractivity contribution < 1.29 is 9.42 Å². The summed E-state index contributed by atoms with van der Waals surface area (Å²) in [7, 11) is 0. The lowest BCUT2D eigenvalue weighted by atomic mass is 10.2. The highest BCUT2D eigenvalue weighted by Gasteiger charge is 2.17. The van der Waals surface area contributed by atoms with Gasteiger partial charge in [-0.15, -0.1) is 5.10 Å². The van der Waals surface area contributed by atoms with Gasteiger partial charge in [0.1, 0.15) is 6.33 Å². The van der Waals surface area contributed by atoms with Gasteiger partial charge in [0.15, 0.2) is 0 Å². The quantitative estimate of drug-likeness (QED) is 0.714. The monoisotopic (exact) mass is 306 g/mol. The summed E-state index contributed by atoms with van der Waals surface area (Å²) in [5.74, 6) is -0.704. The van der Waals surface area contributed by atoms with E-state index in [0.717, 1.165) is 0 Å². The summed E-state index contributed by atoms with van der Waals surface area (Å²) >= 11 is 6.04. The van der Waals surface area contributed by atoms with Crippen LogP contribution in [0.15, 0.2) is 29.2 Å². The molecule has 0 unspecified atom stereocenters. The number of nitrogen functional groups attached to an aromatic ring is 1. The minimum atomic E-state index is -0.593. The van der Waals surface area contributed by atoms with Gasteiger partial charge in [-0.05, 0) is 38.9 Å². The molecular weight excluding hydrogens is 300 g/mol. The van der Waals surface area contributed by atoms with E-state index in [1.165, 1.54) is 11.0 Å². The van der Waals surface area contributed by atoms with E-state index in [9.17, 15) is 4.79 Å². The van der Waals surface area contributed by atoms with Crippen LogP contribution < -0.4 is 11.1 Å². The molecule has 0 atom stereocenters. The zero-order valence-corrected chi connectivity index (χ0v) is 11.0. The van der Waals surface area contributed by atoms with Crippen LogP contribution >= 0.6 is 11.6 Å². The normalized spacial score (nSPS) is 10.5. The van der Waals surface area contributed by atoms with Crippen molar-refractivity contribution in [3.63, 3.8) is 0 Å². The lowest BCUT2D eigenvalue weighted by molar-refractivity contribution is 0.101. The number of carbonyl (C=O) groups excluding carboxylic acids is 1. The summed E-state index contributed by atoms with van der Waals surface area (Å²) in [5.41, 5.74) is 6.28. The van der Waals surface area contributed by atoms with Gasteiger partial charge in [0, 0.05) is 0 Å². The second kappa shape index (κ2) is 5.17. The van der Waals surface area contributed by atoms with Gasteiger partial charge >= 0.3 is 0 Å². The van der Waals surface area contributed by atoms with Crippen molar-refractivity contribution in [1.29, 1.82) is 0 Å². The number of halogens is 1. The second-order valence-electron chi connectivity index (χ2n) is 3.87. The van der Waals surface area contributed by atoms with Crippen molar-refractivity contribution in [2.75, 3.05) is 11.1 Å². The number of nitrogens with two attached hydrogens (primary N) is 1. The van der Waals surface area contributed by atoms with E-state index in [4.69, 9.17) is 17.3 Å². The van der Waals surface area contributed by atoms with Crippen LogP contribution in [0.1, 0.15) is 10.5 Å². The fourth-order valence-corrected chi connectivity index (χ4v) is 1.73. The van der Waals surface area contributed by atoms with Crippen molar-refractivity contribution in [3.8, 4) is 5.69 Å². The highest BCUT2D eigenvalue weighted by atomic mass is 35.5. The molecule has 0 bridgehead atoms. The number of hydrogen-bond acceptors (Lipinski definition) is 8. The zero-order chi connectivity index (χ0) is 14.8. The Kier molecular flexibility index (Phi) is 3.20. The average Bonchev–Trinajstić information content (AvgIpc) is 3.12. The average molecular weight is 307 g/mol. The number of carbonyl (C=O) groups is 1. The van der Waals surface area contributed by atoms with Crippen LogP contribution in [0.2, 0.25) is 5.02 Å². The first-order valence-electron chi connectivity index (χ1n) is 5.57. The van der Waals surface area contributed by atoms with Crippen LogP contribution in [0.3, 0.4) is 0 Å². The van der Waals surface area contributed by atoms with Crippen molar-refractivity contribution in [2.45, 2.75) is 0 Å². The molecule has 10 nitrogen and oxygen atoms in total. The van der Waals surface area contributed by atoms with Gasteiger partial charge < -0.3 is 11.1 Å². The maximum Gasteiger partial charge on any atom is 0.281 e. The first kappa shape index (κ1) is 13.0. The van der Waals surface area contributed by atoms with Crippen LogP contribution in [-0.2, 0) is 0 Å². The number of rotatable bonds is 3. The lowest BCUT2D eigenvalue weighted by Gasteiger charge is -2.08. The van der Waals surface area contributed by atoms with Gasteiger partial charge in [0.05, 0.1) is 16.4 Å². The number of hydrogen-bond donors (Lipinski definition) is 2. The number of anilines is 2. The first-order valence-corrected chi connectivity index (χ1v) is 5.95. The molecule has 106 valence electrons. The van der Waals surface area contributed by atoms with Crippen molar-refractivity contribution >= 4 is 29.0 Å². The summed E-state index contributed by atoms with van der Waals surface area (Å²) < 4.78 is 5.78. The largest absolute Gasteiger partial charge is 0.379 e. The van der Waals surface area contributed by atoms with Crippen LogP contribution in [0.4, 0.5) is 11.5 Å². The summed E-state index contributed by atoms with van der Waals surface area (Å²) in [5, 5.41) is 20.4. The Bertz CT molecular complexity index is 784. The molecule has 1 aromatic carbocycles. The van der Waals surface area contributed by atoms with Crippen LogP contribution in [0.5, 0.6) is 0 Å². The van der Waals surface area contributed by atoms with E-state index < -0.39 is 5.91 Å². The number of nitrogens with one attached hydrogen (secondary N) is 1. The number of aromatic nitrogens is 6. The van der Waals surface area contributed by atoms with Crippen molar-refractivity contribution in [1.82, 2.24) is 30.5 Å². The molecule has 0 saturated carbocycles. The molecule has 2 heterocycles. The molecule has 11 heteroatoms. The molecule has 0 saturated heterocycles. The zero-order valence-electron chi connectivity index (χ0n) is 10.3. The molecule has 2 aromatic heterocycles. The predicted molar refractivity (Wildman–Crippen MR) is 70.8 cm³/mol. The molecule has 1 amide bonds. The molecule has 0 aliphatic heterocycles. The third-order valence-corrected chi connectivity index (χ3v) is 2.87. The highest BCUT2D eigenvalue weighted by molar-refractivity contribution is 6.34. The molecule has 0 fully saturated rings. The molecule has 3 N–H and O–H groups in total. The molecular formula is C10H7ClN8O2. The minimum Gasteiger partial charge on any atom is -0.379 e. The maximum absolute atomic E-state index is 12.0. The molecule has 0 spiro atoms. The van der Waals surface area contributed by atoms with Gasteiger partial charge in [-0.2, -0.15) is 0 Å². The van der Waals surface area contributed by atoms with Crippen LogP contribution in [-0.4, -0.2) is 36.4 Å². The minimum absolute atomic E-state index is 0.111. The van der Waals surface area contributed by atoms with E-state index in [2.05, 4.69) is 35.8 Å². The maximum atomic E-state index is 12.0. The predicted octanol–water partition coefficient (Wildman–Crippen LogP) is 0.533. The molecule has 0 radical (unpaired) electrons. The Balaban J connectivity index is 1.90. The molecule has 3 aromatic rings. The van der Waals surface area contributed by atoms with Gasteiger partial charge in [-0.3, -0.25) is 4.79 Å². The molecule has 0 aliphatic carbocycles. The Morgan fingerprint density at radius 1 is 1.38 bits per heavy atom. The fraction of sp³-hybridized carbons (Fsp3) is 0. The topological polar surface area (TPSA) is 138 Å². The smallest absolute Gasteiger partial charge is 0.281 e. The van der Waals surface area contributed by atoms with Crippen molar-refractivity contribution in [3.05, 3.63) is 35.2 Å². The van der Waals surface area contributed by atoms with Gasteiger partial charge in [0.25, 0.3) is 5.91 Å². The van der Waals surface area contributed by atoms with E-state index >= 15 is 0 Å². The van der Waals surface area contributed by atoms with E-state index in [0.29, 0.717) is 16.4 Å². The third kappa shape index (κ3) is 2.51. The van der Waals surface area contributed by atoms with Gasteiger partial charge in [-0.25, -0.2) is 9.31 Å². The summed E-state index contributed by atoms with van der Waals surface area (Å²) in [6.07, 6.45) is 1.41. The summed E-state index contributed by atoms with van der Waals surface area (Å²) in [6, 6.07) is 4.89. The molecule has 0 aliphatic rings. The van der Waals surface area contributed by atoms with Crippen LogP contribution in [0.25, 0.3) is 5.69 Å². The molecule has 3 rings (SSSR count). The van der Waals surface area contributed by atoms with E-state index in [1.54, 1.807) is 18.2 Å². The Hall–Kier alpha value is -3.01. The number of amides is 1.